The van der Waals surface area contributed by atoms with Crippen LogP contribution in [0.3, 0.4) is 0 Å². The Labute approximate surface area is 84.5 Å². The van der Waals surface area contributed by atoms with Crippen molar-refractivity contribution in [3.05, 3.63) is 14.8 Å². The highest BCUT2D eigenvalue weighted by atomic mass is 127. The molecule has 1 aromatic rings. The molecule has 0 unspecified atom stereocenters. The second-order valence-electron chi connectivity index (χ2n) is 3.33. The fraction of sp³-hybridized carbons (Fsp3) is 0.571. The Morgan fingerprint density at radius 2 is 2.00 bits per heavy atom. The largest absolute Gasteiger partial charge is 0.428 e. The molecular weight excluding hydrogens is 276 g/mol. The monoisotopic (exact) mass is 285 g/mol. The van der Waals surface area contributed by atoms with Gasteiger partial charge in [0, 0.05) is 5.41 Å². The summed E-state index contributed by atoms with van der Waals surface area (Å²) in [6, 6.07) is 0. The van der Waals surface area contributed by atoms with Crippen molar-refractivity contribution in [2.75, 3.05) is 0 Å². The van der Waals surface area contributed by atoms with E-state index in [0.717, 1.165) is 3.70 Å². The third-order valence-electron chi connectivity index (χ3n) is 1.19. The van der Waals surface area contributed by atoms with E-state index in [0.29, 0.717) is 11.1 Å². The molecule has 0 aliphatic carbocycles. The van der Waals surface area contributed by atoms with Crippen LogP contribution < -0.4 is 0 Å². The van der Waals surface area contributed by atoms with Gasteiger partial charge in [-0.1, -0.05) is 20.8 Å². The van der Waals surface area contributed by atoms with Crippen LogP contribution in [0.1, 0.15) is 26.7 Å². The van der Waals surface area contributed by atoms with Crippen LogP contribution in [0.4, 0.5) is 0 Å². The number of halogens is 2. The van der Waals surface area contributed by atoms with Crippen LogP contribution in [0.15, 0.2) is 4.42 Å². The van der Waals surface area contributed by atoms with Crippen LogP contribution in [0.2, 0.25) is 5.22 Å². The van der Waals surface area contributed by atoms with Crippen LogP contribution in [0, 0.1) is 3.70 Å². The zero-order chi connectivity index (χ0) is 8.65. The first-order valence-corrected chi connectivity index (χ1v) is 4.69. The molecule has 0 N–H and O–H groups in total. The Hall–Kier alpha value is 0.230. The standard InChI is InChI=1S/C7H9ClINO/c1-7(2,3)6-10-5(9)4(8)11-6/h1-3H3. The SMILES string of the molecule is CC(C)(C)c1nc(I)c(Cl)o1. The maximum atomic E-state index is 5.70. The van der Waals surface area contributed by atoms with E-state index < -0.39 is 0 Å². The van der Waals surface area contributed by atoms with Gasteiger partial charge in [-0.3, -0.25) is 0 Å². The molecule has 0 aliphatic heterocycles. The van der Waals surface area contributed by atoms with Gasteiger partial charge >= 0.3 is 0 Å². The number of nitrogens with zero attached hydrogens (tertiary/aromatic N) is 1. The second kappa shape index (κ2) is 2.94. The molecule has 0 aliphatic rings. The van der Waals surface area contributed by atoms with Gasteiger partial charge in [0.2, 0.25) is 11.1 Å². The van der Waals surface area contributed by atoms with E-state index in [1.165, 1.54) is 0 Å². The van der Waals surface area contributed by atoms with E-state index in [1.807, 2.05) is 43.4 Å². The predicted molar refractivity (Wildman–Crippen MR) is 52.9 cm³/mol. The van der Waals surface area contributed by atoms with Crippen LogP contribution >= 0.6 is 34.2 Å². The van der Waals surface area contributed by atoms with Crippen molar-refractivity contribution in [3.63, 3.8) is 0 Å². The minimum atomic E-state index is -0.0624. The lowest BCUT2D eigenvalue weighted by molar-refractivity contribution is 0.393. The van der Waals surface area contributed by atoms with Crippen molar-refractivity contribution in [1.82, 2.24) is 4.98 Å². The summed E-state index contributed by atoms with van der Waals surface area (Å²) in [5, 5.41) is 0.385. The Kier molecular flexibility index (Phi) is 2.49. The van der Waals surface area contributed by atoms with E-state index in [2.05, 4.69) is 4.98 Å². The number of hydrogen-bond donors (Lipinski definition) is 0. The summed E-state index contributed by atoms with van der Waals surface area (Å²) >= 11 is 7.75. The first-order chi connectivity index (χ1) is 4.91. The van der Waals surface area contributed by atoms with Crippen molar-refractivity contribution < 1.29 is 4.42 Å². The van der Waals surface area contributed by atoms with E-state index in [1.54, 1.807) is 0 Å². The van der Waals surface area contributed by atoms with Crippen LogP contribution in [0.5, 0.6) is 0 Å². The topological polar surface area (TPSA) is 26.0 Å². The predicted octanol–water partition coefficient (Wildman–Crippen LogP) is 3.23. The number of rotatable bonds is 0. The molecular formula is C7H9ClINO. The normalized spacial score (nSPS) is 12.1. The summed E-state index contributed by atoms with van der Waals surface area (Å²) in [4.78, 5) is 4.17. The minimum absolute atomic E-state index is 0.0624. The average molecular weight is 286 g/mol. The maximum absolute atomic E-state index is 5.70. The molecule has 0 bridgehead atoms. The third kappa shape index (κ3) is 2.08. The van der Waals surface area contributed by atoms with Crippen LogP contribution in [-0.4, -0.2) is 4.98 Å². The Balaban J connectivity index is 3.08. The molecule has 0 amide bonds. The van der Waals surface area contributed by atoms with Gasteiger partial charge in [0.05, 0.1) is 0 Å². The summed E-state index contributed by atoms with van der Waals surface area (Å²) in [7, 11) is 0. The fourth-order valence-electron chi connectivity index (χ4n) is 0.604. The first kappa shape index (κ1) is 9.32. The molecule has 0 spiro atoms. The number of aromatic nitrogens is 1. The van der Waals surface area contributed by atoms with Gasteiger partial charge < -0.3 is 4.42 Å². The van der Waals surface area contributed by atoms with Gasteiger partial charge in [-0.05, 0) is 34.2 Å². The van der Waals surface area contributed by atoms with Crippen molar-refractivity contribution in [3.8, 4) is 0 Å². The highest BCUT2D eigenvalue weighted by Gasteiger charge is 2.21. The van der Waals surface area contributed by atoms with E-state index in [-0.39, 0.29) is 5.41 Å². The first-order valence-electron chi connectivity index (χ1n) is 3.23. The molecule has 1 aromatic heterocycles. The summed E-state index contributed by atoms with van der Waals surface area (Å²) in [5.41, 5.74) is -0.0624. The lowest BCUT2D eigenvalue weighted by Crippen LogP contribution is -2.11. The average Bonchev–Trinajstić information content (AvgIpc) is 2.11. The third-order valence-corrected chi connectivity index (χ3v) is 2.50. The summed E-state index contributed by atoms with van der Waals surface area (Å²) in [6.07, 6.45) is 0. The molecule has 0 atom stereocenters. The molecule has 0 fully saturated rings. The van der Waals surface area contributed by atoms with E-state index in [4.69, 9.17) is 16.0 Å². The highest BCUT2D eigenvalue weighted by Crippen LogP contribution is 2.27. The summed E-state index contributed by atoms with van der Waals surface area (Å²) in [5.74, 6) is 0.687. The molecule has 62 valence electrons. The lowest BCUT2D eigenvalue weighted by Gasteiger charge is -2.11. The van der Waals surface area contributed by atoms with Gasteiger partial charge in [0.15, 0.2) is 3.70 Å². The van der Waals surface area contributed by atoms with Crippen LogP contribution in [0.25, 0.3) is 0 Å². The molecule has 0 aromatic carbocycles. The second-order valence-corrected chi connectivity index (χ2v) is 4.70. The fourth-order valence-corrected chi connectivity index (χ4v) is 1.05. The zero-order valence-corrected chi connectivity index (χ0v) is 9.52. The molecule has 0 saturated heterocycles. The zero-order valence-electron chi connectivity index (χ0n) is 6.61. The molecule has 1 heterocycles. The van der Waals surface area contributed by atoms with Gasteiger partial charge in [0.25, 0.3) is 0 Å². The highest BCUT2D eigenvalue weighted by molar-refractivity contribution is 14.1. The Morgan fingerprint density at radius 3 is 2.18 bits per heavy atom. The van der Waals surface area contributed by atoms with Crippen molar-refractivity contribution >= 4 is 34.2 Å². The van der Waals surface area contributed by atoms with Gasteiger partial charge in [-0.15, -0.1) is 0 Å². The lowest BCUT2D eigenvalue weighted by atomic mass is 9.97. The summed E-state index contributed by atoms with van der Waals surface area (Å²) < 4.78 is 5.96. The van der Waals surface area contributed by atoms with Gasteiger partial charge in [0.1, 0.15) is 0 Å². The molecule has 4 heteroatoms. The van der Waals surface area contributed by atoms with Crippen molar-refractivity contribution in [1.29, 1.82) is 0 Å². The maximum Gasteiger partial charge on any atom is 0.227 e. The van der Waals surface area contributed by atoms with Crippen molar-refractivity contribution in [2.24, 2.45) is 0 Å². The van der Waals surface area contributed by atoms with E-state index in [9.17, 15) is 0 Å². The quantitative estimate of drug-likeness (QED) is 0.684. The summed E-state index contributed by atoms with van der Waals surface area (Å²) in [6.45, 7) is 6.10. The van der Waals surface area contributed by atoms with E-state index >= 15 is 0 Å². The number of hydrogen-bond acceptors (Lipinski definition) is 2. The molecule has 11 heavy (non-hydrogen) atoms. The minimum Gasteiger partial charge on any atom is -0.428 e. The molecule has 1 rings (SSSR count). The van der Waals surface area contributed by atoms with Crippen molar-refractivity contribution in [2.45, 2.75) is 26.2 Å². The molecule has 0 radical (unpaired) electrons. The van der Waals surface area contributed by atoms with Crippen LogP contribution in [-0.2, 0) is 5.41 Å². The molecule has 2 nitrogen and oxygen atoms in total. The smallest absolute Gasteiger partial charge is 0.227 e. The Bertz CT molecular complexity index is 244. The molecule has 0 saturated carbocycles. The van der Waals surface area contributed by atoms with Gasteiger partial charge in [-0.2, -0.15) is 0 Å². The van der Waals surface area contributed by atoms with Gasteiger partial charge in [-0.25, -0.2) is 4.98 Å². The Morgan fingerprint density at radius 1 is 1.45 bits per heavy atom. The number of oxazole rings is 1.